The molecule has 0 bridgehead atoms. The van der Waals surface area contributed by atoms with E-state index in [1.807, 2.05) is 49.1 Å². The van der Waals surface area contributed by atoms with Gasteiger partial charge in [-0.15, -0.1) is 0 Å². The number of carbonyl (C=O) groups is 1. The van der Waals surface area contributed by atoms with Gasteiger partial charge < -0.3 is 10.1 Å². The standard InChI is InChI=1S/C17H21Cl3N2O2/c1-12-10-22(11-13(2)24-12)16(17(18,19)20)21-15(23)9-8-14-6-4-3-5-7-14/h3-9,12-13,16H,10-11H2,1-2H3,(H,21,23)/b9-8+/t12-,13+,16-/m1/s1. The summed E-state index contributed by atoms with van der Waals surface area (Å²) in [6.45, 7) is 5.06. The number of rotatable bonds is 4. The molecular formula is C17H21Cl3N2O2. The lowest BCUT2D eigenvalue weighted by Crippen LogP contribution is -2.60. The van der Waals surface area contributed by atoms with E-state index in [-0.39, 0.29) is 18.1 Å². The molecule has 2 rings (SSSR count). The van der Waals surface area contributed by atoms with Crippen LogP contribution in [0.1, 0.15) is 19.4 Å². The van der Waals surface area contributed by atoms with Gasteiger partial charge in [-0.1, -0.05) is 65.1 Å². The maximum Gasteiger partial charge on any atom is 0.245 e. The zero-order valence-electron chi connectivity index (χ0n) is 13.6. The molecule has 0 spiro atoms. The summed E-state index contributed by atoms with van der Waals surface area (Å²) in [6, 6.07) is 9.52. The summed E-state index contributed by atoms with van der Waals surface area (Å²) in [6.07, 6.45) is 2.42. The third-order valence-corrected chi connectivity index (χ3v) is 4.25. The van der Waals surface area contributed by atoms with E-state index >= 15 is 0 Å². The van der Waals surface area contributed by atoms with Gasteiger partial charge in [0.05, 0.1) is 12.2 Å². The molecule has 1 aliphatic rings. The van der Waals surface area contributed by atoms with Crippen LogP contribution in [0, 0.1) is 0 Å². The number of nitrogens with zero attached hydrogens (tertiary/aromatic N) is 1. The molecule has 1 aromatic rings. The minimum Gasteiger partial charge on any atom is -0.373 e. The maximum atomic E-state index is 12.2. The normalized spacial score (nSPS) is 24.0. The fourth-order valence-corrected chi connectivity index (χ4v) is 3.31. The van der Waals surface area contributed by atoms with Crippen LogP contribution in [0.2, 0.25) is 0 Å². The van der Waals surface area contributed by atoms with Crippen molar-refractivity contribution in [2.24, 2.45) is 0 Å². The highest BCUT2D eigenvalue weighted by atomic mass is 35.6. The van der Waals surface area contributed by atoms with Crippen LogP contribution in [0.15, 0.2) is 36.4 Å². The van der Waals surface area contributed by atoms with Crippen molar-refractivity contribution in [3.63, 3.8) is 0 Å². The lowest BCUT2D eigenvalue weighted by molar-refractivity contribution is -0.121. The van der Waals surface area contributed by atoms with Gasteiger partial charge in [-0.3, -0.25) is 9.69 Å². The van der Waals surface area contributed by atoms with Crippen LogP contribution in [0.25, 0.3) is 6.08 Å². The van der Waals surface area contributed by atoms with Gasteiger partial charge in [-0.25, -0.2) is 0 Å². The van der Waals surface area contributed by atoms with Gasteiger partial charge in [0, 0.05) is 19.2 Å². The van der Waals surface area contributed by atoms with Gasteiger partial charge in [0.1, 0.15) is 6.17 Å². The SMILES string of the molecule is C[C@@H]1CN([C@@H](NC(=O)/C=C/c2ccccc2)C(Cl)(Cl)Cl)C[C@H](C)O1. The van der Waals surface area contributed by atoms with Crippen molar-refractivity contribution < 1.29 is 9.53 Å². The Morgan fingerprint density at radius 3 is 2.38 bits per heavy atom. The monoisotopic (exact) mass is 390 g/mol. The predicted molar refractivity (Wildman–Crippen MR) is 99.3 cm³/mol. The second-order valence-corrected chi connectivity index (χ2v) is 8.28. The smallest absolute Gasteiger partial charge is 0.245 e. The molecule has 3 atom stereocenters. The summed E-state index contributed by atoms with van der Waals surface area (Å²) in [7, 11) is 0. The Kier molecular flexibility index (Phi) is 6.96. The summed E-state index contributed by atoms with van der Waals surface area (Å²) in [5, 5.41) is 2.79. The second-order valence-electron chi connectivity index (χ2n) is 5.91. The van der Waals surface area contributed by atoms with Gasteiger partial charge in [0.25, 0.3) is 0 Å². The number of morpholine rings is 1. The van der Waals surface area contributed by atoms with Gasteiger partial charge in [0.2, 0.25) is 9.70 Å². The summed E-state index contributed by atoms with van der Waals surface area (Å²) in [5.74, 6) is -0.318. The van der Waals surface area contributed by atoms with Crippen LogP contribution in [-0.2, 0) is 9.53 Å². The molecule has 1 saturated heterocycles. The molecule has 1 heterocycles. The van der Waals surface area contributed by atoms with Crippen molar-refractivity contribution in [1.29, 1.82) is 0 Å². The summed E-state index contributed by atoms with van der Waals surface area (Å²) in [5.41, 5.74) is 0.923. The minimum atomic E-state index is -1.65. The highest BCUT2D eigenvalue weighted by Gasteiger charge is 2.40. The Morgan fingerprint density at radius 1 is 1.25 bits per heavy atom. The van der Waals surface area contributed by atoms with Crippen LogP contribution in [0.4, 0.5) is 0 Å². The van der Waals surface area contributed by atoms with Gasteiger partial charge in [-0.2, -0.15) is 0 Å². The highest BCUT2D eigenvalue weighted by Crippen LogP contribution is 2.33. The largest absolute Gasteiger partial charge is 0.373 e. The number of nitrogens with one attached hydrogen (secondary N) is 1. The van der Waals surface area contributed by atoms with E-state index in [9.17, 15) is 4.79 Å². The number of halogens is 3. The lowest BCUT2D eigenvalue weighted by atomic mass is 10.2. The van der Waals surface area contributed by atoms with E-state index in [0.717, 1.165) is 5.56 Å². The molecule has 0 aromatic heterocycles. The number of benzene rings is 1. The molecule has 1 fully saturated rings. The molecule has 0 unspecified atom stereocenters. The Balaban J connectivity index is 2.06. The van der Waals surface area contributed by atoms with E-state index in [4.69, 9.17) is 39.5 Å². The van der Waals surface area contributed by atoms with Gasteiger partial charge in [0.15, 0.2) is 0 Å². The van der Waals surface area contributed by atoms with E-state index in [1.165, 1.54) is 6.08 Å². The minimum absolute atomic E-state index is 0.000336. The average molecular weight is 392 g/mol. The first-order chi connectivity index (χ1) is 11.3. The van der Waals surface area contributed by atoms with Crippen LogP contribution < -0.4 is 5.32 Å². The van der Waals surface area contributed by atoms with E-state index in [1.54, 1.807) is 6.08 Å². The molecule has 0 radical (unpaired) electrons. The summed E-state index contributed by atoms with van der Waals surface area (Å²) >= 11 is 18.3. The van der Waals surface area contributed by atoms with Crippen molar-refractivity contribution >= 4 is 46.8 Å². The highest BCUT2D eigenvalue weighted by molar-refractivity contribution is 6.68. The molecule has 4 nitrogen and oxygen atoms in total. The Morgan fingerprint density at radius 2 is 1.83 bits per heavy atom. The second kappa shape index (κ2) is 8.54. The van der Waals surface area contributed by atoms with Crippen molar-refractivity contribution in [3.05, 3.63) is 42.0 Å². The van der Waals surface area contributed by atoms with Crippen molar-refractivity contribution in [1.82, 2.24) is 10.2 Å². The number of amides is 1. The third-order valence-electron chi connectivity index (χ3n) is 3.63. The molecule has 0 aliphatic carbocycles. The van der Waals surface area contributed by atoms with Crippen LogP contribution >= 0.6 is 34.8 Å². The van der Waals surface area contributed by atoms with Gasteiger partial charge >= 0.3 is 0 Å². The van der Waals surface area contributed by atoms with E-state index in [2.05, 4.69) is 5.32 Å². The third kappa shape index (κ3) is 5.94. The Labute approximate surface area is 157 Å². The van der Waals surface area contributed by atoms with Crippen molar-refractivity contribution in [3.8, 4) is 0 Å². The zero-order valence-corrected chi connectivity index (χ0v) is 15.9. The van der Waals surface area contributed by atoms with Crippen molar-refractivity contribution in [2.75, 3.05) is 13.1 Å². The average Bonchev–Trinajstić information content (AvgIpc) is 2.49. The van der Waals surface area contributed by atoms with Crippen LogP contribution in [-0.4, -0.2) is 46.1 Å². The first kappa shape index (κ1) is 19.5. The molecule has 1 amide bonds. The number of hydrogen-bond donors (Lipinski definition) is 1. The van der Waals surface area contributed by atoms with Crippen LogP contribution in [0.3, 0.4) is 0 Å². The first-order valence-electron chi connectivity index (χ1n) is 7.75. The Hall–Kier alpha value is -0.780. The number of ether oxygens (including phenoxy) is 1. The quantitative estimate of drug-likeness (QED) is 0.629. The fraction of sp³-hybridized carbons (Fsp3) is 0.471. The lowest BCUT2D eigenvalue weighted by Gasteiger charge is -2.42. The fourth-order valence-electron chi connectivity index (χ4n) is 2.73. The maximum absolute atomic E-state index is 12.2. The molecule has 1 N–H and O–H groups in total. The Bertz CT molecular complexity index is 565. The van der Waals surface area contributed by atoms with E-state index in [0.29, 0.717) is 13.1 Å². The predicted octanol–water partition coefficient (Wildman–Crippen LogP) is 3.62. The number of carbonyl (C=O) groups excluding carboxylic acids is 1. The topological polar surface area (TPSA) is 41.6 Å². The van der Waals surface area contributed by atoms with E-state index < -0.39 is 9.96 Å². The first-order valence-corrected chi connectivity index (χ1v) is 8.89. The molecular weight excluding hydrogens is 371 g/mol. The van der Waals surface area contributed by atoms with Gasteiger partial charge in [-0.05, 0) is 25.5 Å². The molecule has 1 aliphatic heterocycles. The van der Waals surface area contributed by atoms with Crippen molar-refractivity contribution in [2.45, 2.75) is 36.0 Å². The molecule has 0 saturated carbocycles. The number of alkyl halides is 3. The number of hydrogen-bond acceptors (Lipinski definition) is 3. The molecule has 7 heteroatoms. The zero-order chi connectivity index (χ0) is 17.7. The molecule has 132 valence electrons. The van der Waals surface area contributed by atoms with Crippen LogP contribution in [0.5, 0.6) is 0 Å². The molecule has 1 aromatic carbocycles. The summed E-state index contributed by atoms with van der Waals surface area (Å²) < 4.78 is 4.05. The summed E-state index contributed by atoms with van der Waals surface area (Å²) in [4.78, 5) is 14.2. The molecule has 24 heavy (non-hydrogen) atoms.